The summed E-state index contributed by atoms with van der Waals surface area (Å²) in [5, 5.41) is 0. The molecule has 0 amide bonds. The van der Waals surface area contributed by atoms with Gasteiger partial charge in [0.25, 0.3) is 0 Å². The molecule has 0 aromatic heterocycles. The summed E-state index contributed by atoms with van der Waals surface area (Å²) in [7, 11) is -14.0. The average molecular weight is 412 g/mol. The van der Waals surface area contributed by atoms with Gasteiger partial charge < -0.3 is 5.48 Å². The van der Waals surface area contributed by atoms with Crippen LogP contribution in [0.2, 0.25) is 0 Å². The molecule has 0 atom stereocenters. The Labute approximate surface area is 172 Å². The van der Waals surface area contributed by atoms with Crippen LogP contribution in [-0.2, 0) is 31.2 Å². The van der Waals surface area contributed by atoms with Gasteiger partial charge in [-0.2, -0.15) is 25.3 Å². The molecule has 0 saturated heterocycles. The first kappa shape index (κ1) is 42.9. The van der Waals surface area contributed by atoms with Crippen molar-refractivity contribution < 1.29 is 58.0 Å². The van der Waals surface area contributed by atoms with E-state index in [1.54, 1.807) is 0 Å². The fourth-order valence-corrected chi connectivity index (χ4v) is 0. The van der Waals surface area contributed by atoms with Crippen molar-refractivity contribution in [2.24, 2.45) is 0 Å². The molecule has 0 aromatic carbocycles. The van der Waals surface area contributed by atoms with Crippen LogP contribution >= 0.6 is 0 Å². The van der Waals surface area contributed by atoms with Gasteiger partial charge in [-0.25, -0.2) is 0 Å². The van der Waals surface area contributed by atoms with E-state index < -0.39 is 31.2 Å². The molecule has 0 aliphatic heterocycles. The number of hydrogen-bond acceptors (Lipinski definition) is 6. The Bertz CT molecular complexity index is 347. The quantitative estimate of drug-likeness (QED) is 0.161. The summed E-state index contributed by atoms with van der Waals surface area (Å²) in [5.74, 6) is 0. The van der Waals surface area contributed by atoms with E-state index in [-0.39, 0.29) is 91.6 Å². The second-order valence-electron chi connectivity index (χ2n) is 1.34. The molecule has 118 valence electrons. The molecule has 19 heteroatoms. The van der Waals surface area contributed by atoms with Crippen molar-refractivity contribution in [1.29, 1.82) is 0 Å². The summed E-state index contributed by atoms with van der Waals surface area (Å²) >= 11 is 0. The second-order valence-corrected chi connectivity index (χ2v) is 4.03. The molecule has 0 radical (unpaired) electrons. The Morgan fingerprint density at radius 3 is 0.474 bits per heavy atom. The fraction of sp³-hybridized carbons (Fsp3) is 0. The summed E-state index contributed by atoms with van der Waals surface area (Å²) in [6.07, 6.45) is 0. The average Bonchev–Trinajstić information content (AvgIpc) is 1.41. The van der Waals surface area contributed by atoms with Crippen LogP contribution in [0.25, 0.3) is 0 Å². The van der Waals surface area contributed by atoms with Gasteiger partial charge in [0.2, 0.25) is 0 Å². The van der Waals surface area contributed by atoms with E-state index in [0.717, 1.165) is 0 Å². The zero-order valence-electron chi connectivity index (χ0n) is 6.86. The second kappa shape index (κ2) is 18.3. The summed E-state index contributed by atoms with van der Waals surface area (Å²) < 4.78 is 94.8. The molecule has 0 aliphatic carbocycles. The molecule has 0 spiro atoms. The van der Waals surface area contributed by atoms with Crippen molar-refractivity contribution in [3.8, 4) is 0 Å². The van der Waals surface area contributed by atoms with Crippen molar-refractivity contribution in [2.75, 3.05) is 0 Å². The van der Waals surface area contributed by atoms with Gasteiger partial charge in [-0.3, -0.25) is 27.3 Å². The molecule has 19 heavy (non-hydrogen) atoms. The molecule has 0 heterocycles. The van der Waals surface area contributed by atoms with Crippen LogP contribution in [0.5, 0.6) is 0 Å². The molecule has 0 fully saturated rings. The normalized spacial score (nSPS) is 9.16. The first-order chi connectivity index (χ1) is 6.00. The minimum atomic E-state index is -4.67. The third-order valence-corrected chi connectivity index (χ3v) is 0. The van der Waals surface area contributed by atoms with Crippen LogP contribution in [0, 0.1) is 0 Å². The Morgan fingerprint density at radius 2 is 0.474 bits per heavy atom. The molecule has 0 aliphatic rings. The molecule has 0 aromatic rings. The molecule has 0 bridgehead atoms. The third-order valence-electron chi connectivity index (χ3n) is 0. The van der Waals surface area contributed by atoms with Gasteiger partial charge in [-0.1, -0.05) is 0 Å². The standard InChI is InChI=1S/2Al.K.3H2O4S.H2O.7H/c;;;3*1-5(2,3)4;;;;;;;;/h;;;3*(H2,1,2,3,4);1H2;;;;;;;. The molecular weight excluding hydrogens is 397 g/mol. The van der Waals surface area contributed by atoms with Crippen molar-refractivity contribution >= 4 is 117 Å². The SMILES string of the molecule is O.O=S(=O)(O)O.O=S(=O)(O)O.O=S(=O)(O)O.[AlH3].[AlH3].[KH]. The molecule has 0 rings (SSSR count). The molecule has 0 saturated carbocycles. The van der Waals surface area contributed by atoms with Crippen LogP contribution in [0.4, 0.5) is 0 Å². The summed E-state index contributed by atoms with van der Waals surface area (Å²) in [6, 6.07) is 0. The predicted octanol–water partition coefficient (Wildman–Crippen LogP) is -5.80. The zero-order chi connectivity index (χ0) is 13.5. The summed E-state index contributed by atoms with van der Waals surface area (Å²) in [6.45, 7) is 0. The van der Waals surface area contributed by atoms with Gasteiger partial charge in [0, 0.05) is 0 Å². The van der Waals surface area contributed by atoms with E-state index in [4.69, 9.17) is 52.6 Å². The van der Waals surface area contributed by atoms with E-state index in [2.05, 4.69) is 0 Å². The maximum absolute atomic E-state index is 8.74. The van der Waals surface area contributed by atoms with Gasteiger partial charge in [-0.05, 0) is 0 Å². The Balaban J connectivity index is -0.0000000206. The topological polar surface area (TPSA) is 255 Å². The molecule has 8 N–H and O–H groups in total. The van der Waals surface area contributed by atoms with Gasteiger partial charge >= 0.3 is 82.6 Å². The van der Waals surface area contributed by atoms with Crippen LogP contribution in [0.15, 0.2) is 0 Å². The Morgan fingerprint density at radius 1 is 0.474 bits per heavy atom. The predicted molar refractivity (Wildman–Crippen MR) is 73.2 cm³/mol. The first-order valence-electron chi connectivity index (χ1n) is 2.10. The van der Waals surface area contributed by atoms with Crippen LogP contribution in [0.3, 0.4) is 0 Å². The van der Waals surface area contributed by atoms with E-state index in [9.17, 15) is 0 Å². The number of hydrogen-bond donors (Lipinski definition) is 6. The number of rotatable bonds is 0. The van der Waals surface area contributed by atoms with Crippen LogP contribution in [0.1, 0.15) is 0 Å². The maximum atomic E-state index is 8.74. The van der Waals surface area contributed by atoms with Gasteiger partial charge in [-0.15, -0.1) is 0 Å². The van der Waals surface area contributed by atoms with E-state index in [1.165, 1.54) is 0 Å². The fourth-order valence-electron chi connectivity index (χ4n) is 0. The van der Waals surface area contributed by atoms with Crippen molar-refractivity contribution in [2.45, 2.75) is 0 Å². The minimum absolute atomic E-state index is 0. The zero-order valence-corrected chi connectivity index (χ0v) is 9.31. The summed E-state index contributed by atoms with van der Waals surface area (Å²) in [5.41, 5.74) is 0. The van der Waals surface area contributed by atoms with E-state index in [1.807, 2.05) is 0 Å². The van der Waals surface area contributed by atoms with Crippen molar-refractivity contribution in [3.63, 3.8) is 0 Å². The van der Waals surface area contributed by atoms with Gasteiger partial charge in [0.15, 0.2) is 34.7 Å². The first-order valence-corrected chi connectivity index (χ1v) is 6.29. The third kappa shape index (κ3) is 1310. The Hall–Kier alpha value is 2.27. The van der Waals surface area contributed by atoms with E-state index >= 15 is 0 Å². The van der Waals surface area contributed by atoms with Crippen molar-refractivity contribution in [1.82, 2.24) is 0 Å². The molecular formula is H15Al2KO13S3. The van der Waals surface area contributed by atoms with Crippen LogP contribution < -0.4 is 0 Å². The molecule has 0 unspecified atom stereocenters. The van der Waals surface area contributed by atoms with Gasteiger partial charge in [0.1, 0.15) is 0 Å². The monoisotopic (exact) mass is 412 g/mol. The molecule has 13 nitrogen and oxygen atoms in total. The van der Waals surface area contributed by atoms with Crippen LogP contribution in [-0.4, -0.2) is 144 Å². The van der Waals surface area contributed by atoms with Crippen molar-refractivity contribution in [3.05, 3.63) is 0 Å². The van der Waals surface area contributed by atoms with Gasteiger partial charge in [0.05, 0.1) is 0 Å². The Kier molecular flexibility index (Phi) is 41.4. The van der Waals surface area contributed by atoms with E-state index in [0.29, 0.717) is 0 Å². The summed E-state index contributed by atoms with van der Waals surface area (Å²) in [4.78, 5) is 0.